The number of hydrogen-bond acceptors (Lipinski definition) is 3. The van der Waals surface area contributed by atoms with E-state index in [2.05, 4.69) is 0 Å². The third-order valence-electron chi connectivity index (χ3n) is 2.99. The first-order valence-electron chi connectivity index (χ1n) is 7.02. The van der Waals surface area contributed by atoms with E-state index in [0.29, 0.717) is 6.54 Å². The van der Waals surface area contributed by atoms with Gasteiger partial charge in [-0.05, 0) is 38.1 Å². The number of benzene rings is 1. The molecule has 0 amide bonds. The second kappa shape index (κ2) is 7.66. The van der Waals surface area contributed by atoms with Crippen molar-refractivity contribution >= 4 is 0 Å². The van der Waals surface area contributed by atoms with Crippen LogP contribution in [0.3, 0.4) is 0 Å². The lowest BCUT2D eigenvalue weighted by Gasteiger charge is -2.25. The van der Waals surface area contributed by atoms with Crippen molar-refractivity contribution in [3.63, 3.8) is 0 Å². The molecule has 6 heteroatoms. The molecule has 0 saturated heterocycles. The van der Waals surface area contributed by atoms with Crippen molar-refractivity contribution in [1.29, 1.82) is 0 Å². The Labute approximate surface area is 123 Å². The van der Waals surface area contributed by atoms with Gasteiger partial charge in [0.05, 0.1) is 12.6 Å². The average Bonchev–Trinajstić information content (AvgIpc) is 2.36. The molecule has 1 aromatic rings. The fourth-order valence-corrected chi connectivity index (χ4v) is 2.01. The number of nitrogens with two attached hydrogens (primary N) is 1. The third kappa shape index (κ3) is 6.82. The molecular formula is C15H23F3N2O. The lowest BCUT2D eigenvalue weighted by atomic mass is 10.1. The van der Waals surface area contributed by atoms with E-state index >= 15 is 0 Å². The number of hydrogen-bond donors (Lipinski definition) is 1. The standard InChI is InChI=1S/C15H23F3N2O/c1-4-20(10-15(16,17)18)9-14(19)12-5-7-13(8-6-12)21-11(2)3/h5-8,11,14H,4,9-10,19H2,1-3H3. The number of halogens is 3. The Hall–Kier alpha value is -1.27. The second-order valence-corrected chi connectivity index (χ2v) is 5.29. The Bertz CT molecular complexity index is 418. The van der Waals surface area contributed by atoms with Gasteiger partial charge >= 0.3 is 6.18 Å². The van der Waals surface area contributed by atoms with E-state index < -0.39 is 18.8 Å². The van der Waals surface area contributed by atoms with Gasteiger partial charge in [-0.25, -0.2) is 0 Å². The largest absolute Gasteiger partial charge is 0.491 e. The van der Waals surface area contributed by atoms with Crippen LogP contribution in [-0.4, -0.2) is 36.8 Å². The zero-order valence-electron chi connectivity index (χ0n) is 12.7. The van der Waals surface area contributed by atoms with Gasteiger partial charge in [0.2, 0.25) is 0 Å². The summed E-state index contributed by atoms with van der Waals surface area (Å²) in [4.78, 5) is 1.29. The zero-order valence-corrected chi connectivity index (χ0v) is 12.7. The normalized spacial score (nSPS) is 13.8. The molecule has 1 unspecified atom stereocenters. The van der Waals surface area contributed by atoms with E-state index in [1.165, 1.54) is 4.90 Å². The Morgan fingerprint density at radius 2 is 1.76 bits per heavy atom. The molecule has 1 aromatic carbocycles. The second-order valence-electron chi connectivity index (χ2n) is 5.29. The van der Waals surface area contributed by atoms with Crippen molar-refractivity contribution in [3.8, 4) is 5.75 Å². The van der Waals surface area contributed by atoms with Crippen LogP contribution in [0, 0.1) is 0 Å². The van der Waals surface area contributed by atoms with E-state index in [0.717, 1.165) is 11.3 Å². The third-order valence-corrected chi connectivity index (χ3v) is 2.99. The first-order chi connectivity index (χ1) is 9.71. The van der Waals surface area contributed by atoms with Crippen LogP contribution in [-0.2, 0) is 0 Å². The summed E-state index contributed by atoms with van der Waals surface area (Å²) in [6, 6.07) is 6.71. The smallest absolute Gasteiger partial charge is 0.401 e. The van der Waals surface area contributed by atoms with Crippen LogP contribution >= 0.6 is 0 Å². The van der Waals surface area contributed by atoms with Crippen molar-refractivity contribution in [2.24, 2.45) is 5.73 Å². The summed E-state index contributed by atoms with van der Waals surface area (Å²) in [5.74, 6) is 0.726. The number of likely N-dealkylation sites (N-methyl/N-ethyl adjacent to an activating group) is 1. The van der Waals surface area contributed by atoms with Gasteiger partial charge in [0, 0.05) is 12.6 Å². The van der Waals surface area contributed by atoms with Crippen molar-refractivity contribution in [3.05, 3.63) is 29.8 Å². The molecule has 1 atom stereocenters. The van der Waals surface area contributed by atoms with Crippen LogP contribution in [0.4, 0.5) is 13.2 Å². The Morgan fingerprint density at radius 3 is 2.19 bits per heavy atom. The van der Waals surface area contributed by atoms with Crippen LogP contribution in [0.25, 0.3) is 0 Å². The topological polar surface area (TPSA) is 38.5 Å². The number of rotatable bonds is 7. The molecule has 120 valence electrons. The highest BCUT2D eigenvalue weighted by atomic mass is 19.4. The van der Waals surface area contributed by atoms with E-state index in [1.54, 1.807) is 31.2 Å². The quantitative estimate of drug-likeness (QED) is 0.839. The van der Waals surface area contributed by atoms with Crippen LogP contribution in [0.5, 0.6) is 5.75 Å². The van der Waals surface area contributed by atoms with Gasteiger partial charge in [0.1, 0.15) is 5.75 Å². The van der Waals surface area contributed by atoms with Crippen molar-refractivity contribution in [2.45, 2.75) is 39.1 Å². The van der Waals surface area contributed by atoms with Crippen LogP contribution in [0.2, 0.25) is 0 Å². The van der Waals surface area contributed by atoms with Gasteiger partial charge in [0.25, 0.3) is 0 Å². The van der Waals surface area contributed by atoms with Crippen LogP contribution in [0.1, 0.15) is 32.4 Å². The summed E-state index contributed by atoms with van der Waals surface area (Å²) in [6.45, 7) is 5.08. The van der Waals surface area contributed by atoms with Gasteiger partial charge in [-0.15, -0.1) is 0 Å². The Balaban J connectivity index is 2.63. The summed E-state index contributed by atoms with van der Waals surface area (Å²) in [5, 5.41) is 0. The van der Waals surface area contributed by atoms with Crippen molar-refractivity contribution < 1.29 is 17.9 Å². The lowest BCUT2D eigenvalue weighted by molar-refractivity contribution is -0.145. The molecule has 0 heterocycles. The highest BCUT2D eigenvalue weighted by molar-refractivity contribution is 5.29. The molecule has 21 heavy (non-hydrogen) atoms. The van der Waals surface area contributed by atoms with Crippen molar-refractivity contribution in [2.75, 3.05) is 19.6 Å². The fourth-order valence-electron chi connectivity index (χ4n) is 2.01. The van der Waals surface area contributed by atoms with Crippen LogP contribution in [0.15, 0.2) is 24.3 Å². The van der Waals surface area contributed by atoms with E-state index in [1.807, 2.05) is 13.8 Å². The molecule has 0 aliphatic heterocycles. The molecule has 0 bridgehead atoms. The average molecular weight is 304 g/mol. The first kappa shape index (κ1) is 17.8. The van der Waals surface area contributed by atoms with Crippen molar-refractivity contribution in [1.82, 2.24) is 4.90 Å². The number of alkyl halides is 3. The molecule has 0 aliphatic rings. The molecular weight excluding hydrogens is 281 g/mol. The highest BCUT2D eigenvalue weighted by Crippen LogP contribution is 2.21. The molecule has 2 N–H and O–H groups in total. The monoisotopic (exact) mass is 304 g/mol. The molecule has 0 spiro atoms. The van der Waals surface area contributed by atoms with Gasteiger partial charge in [-0.3, -0.25) is 4.90 Å². The van der Waals surface area contributed by atoms with E-state index in [-0.39, 0.29) is 12.6 Å². The Kier molecular flexibility index (Phi) is 6.48. The maximum atomic E-state index is 12.4. The summed E-state index contributed by atoms with van der Waals surface area (Å²) in [5.41, 5.74) is 6.79. The van der Waals surface area contributed by atoms with E-state index in [4.69, 9.17) is 10.5 Å². The predicted octanol–water partition coefficient (Wildman–Crippen LogP) is 3.36. The summed E-state index contributed by atoms with van der Waals surface area (Å²) >= 11 is 0. The molecule has 1 rings (SSSR count). The van der Waals surface area contributed by atoms with Gasteiger partial charge < -0.3 is 10.5 Å². The van der Waals surface area contributed by atoms with E-state index in [9.17, 15) is 13.2 Å². The molecule has 0 aliphatic carbocycles. The summed E-state index contributed by atoms with van der Waals surface area (Å²) < 4.78 is 42.8. The summed E-state index contributed by atoms with van der Waals surface area (Å²) in [6.07, 6.45) is -4.13. The minimum absolute atomic E-state index is 0.0758. The zero-order chi connectivity index (χ0) is 16.0. The highest BCUT2D eigenvalue weighted by Gasteiger charge is 2.30. The molecule has 0 fully saturated rings. The number of ether oxygens (including phenoxy) is 1. The number of nitrogens with zero attached hydrogens (tertiary/aromatic N) is 1. The molecule has 0 radical (unpaired) electrons. The van der Waals surface area contributed by atoms with Crippen LogP contribution < -0.4 is 10.5 Å². The SMILES string of the molecule is CCN(CC(N)c1ccc(OC(C)C)cc1)CC(F)(F)F. The van der Waals surface area contributed by atoms with Gasteiger partial charge in [-0.1, -0.05) is 19.1 Å². The maximum Gasteiger partial charge on any atom is 0.401 e. The molecule has 0 saturated carbocycles. The first-order valence-corrected chi connectivity index (χ1v) is 7.02. The van der Waals surface area contributed by atoms with Gasteiger partial charge in [0.15, 0.2) is 0 Å². The van der Waals surface area contributed by atoms with Gasteiger partial charge in [-0.2, -0.15) is 13.2 Å². The minimum Gasteiger partial charge on any atom is -0.491 e. The Morgan fingerprint density at radius 1 is 1.19 bits per heavy atom. The molecule has 0 aromatic heterocycles. The summed E-state index contributed by atoms with van der Waals surface area (Å²) in [7, 11) is 0. The minimum atomic E-state index is -4.20. The maximum absolute atomic E-state index is 12.4. The predicted molar refractivity (Wildman–Crippen MR) is 77.3 cm³/mol. The lowest BCUT2D eigenvalue weighted by Crippen LogP contribution is -2.38. The fraction of sp³-hybridized carbons (Fsp3) is 0.600. The molecule has 3 nitrogen and oxygen atoms in total.